The Morgan fingerprint density at radius 3 is 2.61 bits per heavy atom. The summed E-state index contributed by atoms with van der Waals surface area (Å²) in [6.45, 7) is -0.200. The van der Waals surface area contributed by atoms with E-state index < -0.39 is 17.3 Å². The zero-order chi connectivity index (χ0) is 31.8. The number of esters is 1. The molecule has 2 N–H and O–H groups in total. The Kier molecular flexibility index (Phi) is 7.57. The number of carbonyl (C=O) groups is 1. The lowest BCUT2D eigenvalue weighted by atomic mass is 10.0. The molecule has 230 valence electrons. The topological polar surface area (TPSA) is 131 Å². The molecule has 1 aliphatic rings. The Balaban J connectivity index is 1.32. The molecule has 0 aliphatic heterocycles. The van der Waals surface area contributed by atoms with Crippen LogP contribution < -0.4 is 11.3 Å². The van der Waals surface area contributed by atoms with Gasteiger partial charge >= 0.3 is 5.97 Å². The molecule has 1 saturated carbocycles. The molecule has 0 spiro atoms. The SMILES string of the molecule is Cn1cc(Cc2nc(N)nc(-c3cccc(-n4ccc5cc(C6CC6)cc(F)c5c4=O)c3COC(=O)Cc3ccccc3)n2)cn1. The molecule has 10 nitrogen and oxygen atoms in total. The predicted molar refractivity (Wildman–Crippen MR) is 171 cm³/mol. The number of benzene rings is 3. The molecule has 3 aromatic heterocycles. The molecular formula is C35H30FN7O3. The highest BCUT2D eigenvalue weighted by Gasteiger charge is 2.26. The van der Waals surface area contributed by atoms with Crippen LogP contribution in [0, 0.1) is 5.82 Å². The first-order valence-corrected chi connectivity index (χ1v) is 15.0. The van der Waals surface area contributed by atoms with Crippen LogP contribution in [0.1, 0.15) is 46.8 Å². The second kappa shape index (κ2) is 12.0. The summed E-state index contributed by atoms with van der Waals surface area (Å²) in [7, 11) is 1.82. The molecule has 46 heavy (non-hydrogen) atoms. The number of nitrogens with two attached hydrogens (primary N) is 1. The van der Waals surface area contributed by atoms with Crippen LogP contribution in [0.15, 0.2) is 90.1 Å². The molecule has 0 bridgehead atoms. The minimum atomic E-state index is -0.559. The van der Waals surface area contributed by atoms with Gasteiger partial charge in [0, 0.05) is 37.0 Å². The molecule has 7 rings (SSSR count). The highest BCUT2D eigenvalue weighted by molar-refractivity contribution is 5.84. The third-order valence-corrected chi connectivity index (χ3v) is 8.07. The first-order chi connectivity index (χ1) is 22.3. The van der Waals surface area contributed by atoms with Crippen LogP contribution in [0.4, 0.5) is 10.3 Å². The Bertz CT molecular complexity index is 2160. The lowest BCUT2D eigenvalue weighted by molar-refractivity contribution is -0.144. The van der Waals surface area contributed by atoms with Crippen molar-refractivity contribution in [3.05, 3.63) is 130 Å². The van der Waals surface area contributed by atoms with Gasteiger partial charge in [-0.15, -0.1) is 0 Å². The van der Waals surface area contributed by atoms with Crippen LogP contribution in [0.5, 0.6) is 0 Å². The third-order valence-electron chi connectivity index (χ3n) is 8.07. The number of anilines is 1. The molecule has 11 heteroatoms. The fourth-order valence-corrected chi connectivity index (χ4v) is 5.70. The number of pyridine rings is 1. The highest BCUT2D eigenvalue weighted by Crippen LogP contribution is 2.41. The number of aryl methyl sites for hydroxylation is 1. The molecule has 3 aromatic carbocycles. The first kappa shape index (κ1) is 29.0. The third kappa shape index (κ3) is 5.99. The summed E-state index contributed by atoms with van der Waals surface area (Å²) in [5.74, 6) is 0.00412. The van der Waals surface area contributed by atoms with E-state index in [2.05, 4.69) is 15.1 Å². The Morgan fingerprint density at radius 2 is 1.85 bits per heavy atom. The molecule has 3 heterocycles. The lowest BCUT2D eigenvalue weighted by Crippen LogP contribution is -2.21. The molecule has 0 atom stereocenters. The minimum Gasteiger partial charge on any atom is -0.460 e. The highest BCUT2D eigenvalue weighted by atomic mass is 19.1. The van der Waals surface area contributed by atoms with Crippen molar-refractivity contribution in [2.75, 3.05) is 5.73 Å². The van der Waals surface area contributed by atoms with E-state index in [1.165, 1.54) is 10.6 Å². The normalized spacial score (nSPS) is 12.8. The van der Waals surface area contributed by atoms with E-state index in [-0.39, 0.29) is 30.2 Å². The standard InChI is InChI=1S/C35H30FN7O3/c1-42-19-22(18-38-42)14-30-39-33(41-35(37)40-30)26-8-5-9-29(27(26)20-46-31(44)15-21-6-3-2-4-7-21)43-13-12-24-16-25(23-10-11-23)17-28(36)32(24)34(43)45/h2-9,12-13,16-19,23H,10-11,14-15,20H2,1H3,(H2,37,39,40,41). The molecule has 0 amide bonds. The van der Waals surface area contributed by atoms with Gasteiger partial charge in [-0.1, -0.05) is 48.5 Å². The molecule has 1 fully saturated rings. The van der Waals surface area contributed by atoms with Gasteiger partial charge in [0.05, 0.1) is 23.7 Å². The average molecular weight is 616 g/mol. The van der Waals surface area contributed by atoms with Crippen molar-refractivity contribution >= 4 is 22.7 Å². The van der Waals surface area contributed by atoms with Gasteiger partial charge in [0.25, 0.3) is 5.56 Å². The largest absolute Gasteiger partial charge is 0.460 e. The van der Waals surface area contributed by atoms with Crippen LogP contribution in [0.25, 0.3) is 27.8 Å². The van der Waals surface area contributed by atoms with E-state index in [4.69, 9.17) is 15.5 Å². The number of ether oxygens (including phenoxy) is 1. The van der Waals surface area contributed by atoms with Gasteiger partial charge in [0.15, 0.2) is 5.82 Å². The van der Waals surface area contributed by atoms with Crippen LogP contribution in [0.2, 0.25) is 0 Å². The summed E-state index contributed by atoms with van der Waals surface area (Å²) in [5.41, 5.74) is 9.55. The zero-order valence-corrected chi connectivity index (χ0v) is 25.1. The van der Waals surface area contributed by atoms with Crippen molar-refractivity contribution < 1.29 is 13.9 Å². The van der Waals surface area contributed by atoms with Crippen LogP contribution >= 0.6 is 0 Å². The number of fused-ring (bicyclic) bond motifs is 1. The quantitative estimate of drug-likeness (QED) is 0.224. The Morgan fingerprint density at radius 1 is 1.02 bits per heavy atom. The molecule has 0 saturated heterocycles. The van der Waals surface area contributed by atoms with Gasteiger partial charge in [-0.3, -0.25) is 18.8 Å². The fourth-order valence-electron chi connectivity index (χ4n) is 5.70. The van der Waals surface area contributed by atoms with Crippen molar-refractivity contribution in [1.82, 2.24) is 29.3 Å². The zero-order valence-electron chi connectivity index (χ0n) is 25.1. The van der Waals surface area contributed by atoms with Crippen LogP contribution in [-0.2, 0) is 36.0 Å². The maximum atomic E-state index is 15.4. The van der Waals surface area contributed by atoms with Gasteiger partial charge in [-0.05, 0) is 59.0 Å². The predicted octanol–water partition coefficient (Wildman–Crippen LogP) is 5.05. The van der Waals surface area contributed by atoms with Crippen molar-refractivity contribution in [1.29, 1.82) is 0 Å². The summed E-state index contributed by atoms with van der Waals surface area (Å²) in [4.78, 5) is 40.3. The molecule has 6 aromatic rings. The second-order valence-electron chi connectivity index (χ2n) is 11.5. The Hall–Kier alpha value is -5.71. The molecule has 1 aliphatic carbocycles. The van der Waals surface area contributed by atoms with E-state index in [9.17, 15) is 9.59 Å². The summed E-state index contributed by atoms with van der Waals surface area (Å²) < 4.78 is 24.3. The monoisotopic (exact) mass is 615 g/mol. The molecule has 0 radical (unpaired) electrons. The van der Waals surface area contributed by atoms with Gasteiger partial charge in [0.2, 0.25) is 5.95 Å². The summed E-state index contributed by atoms with van der Waals surface area (Å²) in [6, 6.07) is 19.6. The number of nitrogen functional groups attached to an aromatic ring is 1. The first-order valence-electron chi connectivity index (χ1n) is 15.0. The molecule has 0 unspecified atom stereocenters. The van der Waals surface area contributed by atoms with Gasteiger partial charge in [-0.2, -0.15) is 15.1 Å². The van der Waals surface area contributed by atoms with Crippen LogP contribution in [0.3, 0.4) is 0 Å². The number of hydrogen-bond acceptors (Lipinski definition) is 8. The summed E-state index contributed by atoms with van der Waals surface area (Å²) in [6.07, 6.45) is 7.66. The van der Waals surface area contributed by atoms with Crippen LogP contribution in [-0.4, -0.2) is 35.3 Å². The fraction of sp³-hybridized carbons (Fsp3) is 0.200. The average Bonchev–Trinajstić information content (AvgIpc) is 3.81. The van der Waals surface area contributed by atoms with Gasteiger partial charge in [-0.25, -0.2) is 9.37 Å². The van der Waals surface area contributed by atoms with Crippen molar-refractivity contribution in [3.8, 4) is 17.1 Å². The second-order valence-corrected chi connectivity index (χ2v) is 11.5. The lowest BCUT2D eigenvalue weighted by Gasteiger charge is -2.17. The minimum absolute atomic E-state index is 0.00696. The van der Waals surface area contributed by atoms with Crippen molar-refractivity contribution in [3.63, 3.8) is 0 Å². The number of carbonyl (C=O) groups excluding carboxylic acids is 1. The van der Waals surface area contributed by atoms with Crippen molar-refractivity contribution in [2.45, 2.75) is 38.2 Å². The number of nitrogens with zero attached hydrogens (tertiary/aromatic N) is 6. The summed E-state index contributed by atoms with van der Waals surface area (Å²) in [5, 5.41) is 4.74. The molecular weight excluding hydrogens is 585 g/mol. The number of rotatable bonds is 9. The van der Waals surface area contributed by atoms with E-state index in [1.54, 1.807) is 41.3 Å². The number of halogens is 1. The maximum Gasteiger partial charge on any atom is 0.310 e. The number of aromatic nitrogens is 6. The van der Waals surface area contributed by atoms with E-state index in [1.807, 2.05) is 49.6 Å². The smallest absolute Gasteiger partial charge is 0.310 e. The van der Waals surface area contributed by atoms with Gasteiger partial charge in [0.1, 0.15) is 18.2 Å². The summed E-state index contributed by atoms with van der Waals surface area (Å²) >= 11 is 0. The van der Waals surface area contributed by atoms with E-state index in [0.717, 1.165) is 29.5 Å². The Labute approximate surface area is 263 Å². The van der Waals surface area contributed by atoms with E-state index >= 15 is 4.39 Å². The van der Waals surface area contributed by atoms with Crippen molar-refractivity contribution in [2.24, 2.45) is 7.05 Å². The van der Waals surface area contributed by atoms with Gasteiger partial charge < -0.3 is 10.5 Å². The number of hydrogen-bond donors (Lipinski definition) is 1. The maximum absolute atomic E-state index is 15.4. The van der Waals surface area contributed by atoms with E-state index in [0.29, 0.717) is 40.4 Å².